The van der Waals surface area contributed by atoms with Crippen LogP contribution in [-0.2, 0) is 19.1 Å². The summed E-state index contributed by atoms with van der Waals surface area (Å²) in [6.45, 7) is 5.09. The van der Waals surface area contributed by atoms with Crippen LogP contribution in [0.2, 0.25) is 0 Å². The maximum atomic E-state index is 11.2. The van der Waals surface area contributed by atoms with Crippen LogP contribution < -0.4 is 0 Å². The largest absolute Gasteiger partial charge is 0.462 e. The summed E-state index contributed by atoms with van der Waals surface area (Å²) in [5, 5.41) is 0. The molecule has 0 amide bonds. The summed E-state index contributed by atoms with van der Waals surface area (Å²) in [7, 11) is 0. The molecule has 0 bridgehead atoms. The molecule has 0 aromatic rings. The monoisotopic (exact) mass is 200 g/mol. The molecule has 0 unspecified atom stereocenters. The van der Waals surface area contributed by atoms with Gasteiger partial charge in [-0.2, -0.15) is 0 Å². The number of ether oxygens (including phenoxy) is 2. The van der Waals surface area contributed by atoms with E-state index in [-0.39, 0.29) is 30.1 Å². The molecule has 1 aliphatic rings. The van der Waals surface area contributed by atoms with Gasteiger partial charge in [-0.3, -0.25) is 9.59 Å². The van der Waals surface area contributed by atoms with Gasteiger partial charge < -0.3 is 9.47 Å². The van der Waals surface area contributed by atoms with Crippen LogP contribution >= 0.6 is 0 Å². The topological polar surface area (TPSA) is 52.6 Å². The quantitative estimate of drug-likeness (QED) is 0.598. The van der Waals surface area contributed by atoms with Gasteiger partial charge in [-0.15, -0.1) is 0 Å². The van der Waals surface area contributed by atoms with Gasteiger partial charge in [-0.25, -0.2) is 0 Å². The average molecular weight is 200 g/mol. The SMILES string of the molecule is CC(=O)O[C@@H]1C[C@H](C)OC(=O)C[C@@H]1C. The molecule has 0 saturated carbocycles. The molecule has 3 atom stereocenters. The molecule has 1 saturated heterocycles. The van der Waals surface area contributed by atoms with E-state index in [2.05, 4.69) is 0 Å². The van der Waals surface area contributed by atoms with Gasteiger partial charge in [-0.05, 0) is 6.92 Å². The second-order valence-electron chi connectivity index (χ2n) is 3.87. The lowest BCUT2D eigenvalue weighted by atomic mass is 9.98. The number of rotatable bonds is 1. The molecule has 1 heterocycles. The van der Waals surface area contributed by atoms with Crippen LogP contribution in [0.1, 0.15) is 33.6 Å². The Morgan fingerprint density at radius 3 is 2.71 bits per heavy atom. The Bertz CT molecular complexity index is 236. The summed E-state index contributed by atoms with van der Waals surface area (Å²) < 4.78 is 10.2. The van der Waals surface area contributed by atoms with Crippen molar-refractivity contribution in [3.63, 3.8) is 0 Å². The molecular formula is C10H16O4. The Kier molecular flexibility index (Phi) is 3.49. The summed E-state index contributed by atoms with van der Waals surface area (Å²) in [5.74, 6) is -0.473. The van der Waals surface area contributed by atoms with Crippen molar-refractivity contribution in [1.82, 2.24) is 0 Å². The lowest BCUT2D eigenvalue weighted by Crippen LogP contribution is -2.25. The van der Waals surface area contributed by atoms with Crippen LogP contribution in [0, 0.1) is 5.92 Å². The molecule has 80 valence electrons. The van der Waals surface area contributed by atoms with Crippen molar-refractivity contribution in [3.8, 4) is 0 Å². The molecule has 0 N–H and O–H groups in total. The summed E-state index contributed by atoms with van der Waals surface area (Å²) in [5.41, 5.74) is 0. The fraction of sp³-hybridized carbons (Fsp3) is 0.800. The van der Waals surface area contributed by atoms with Gasteiger partial charge in [0.1, 0.15) is 12.2 Å². The van der Waals surface area contributed by atoms with E-state index in [0.717, 1.165) is 0 Å². The van der Waals surface area contributed by atoms with Crippen LogP contribution in [0.4, 0.5) is 0 Å². The summed E-state index contributed by atoms with van der Waals surface area (Å²) >= 11 is 0. The summed E-state index contributed by atoms with van der Waals surface area (Å²) in [4.78, 5) is 22.0. The first kappa shape index (κ1) is 11.0. The Balaban J connectivity index is 2.63. The zero-order valence-electron chi connectivity index (χ0n) is 8.78. The molecule has 0 spiro atoms. The van der Waals surface area contributed by atoms with Crippen molar-refractivity contribution >= 4 is 11.9 Å². The number of carbonyl (C=O) groups is 2. The van der Waals surface area contributed by atoms with Crippen molar-refractivity contribution in [1.29, 1.82) is 0 Å². The number of hydrogen-bond donors (Lipinski definition) is 0. The number of carbonyl (C=O) groups excluding carboxylic acids is 2. The first-order valence-electron chi connectivity index (χ1n) is 4.85. The minimum absolute atomic E-state index is 0.0383. The van der Waals surface area contributed by atoms with Gasteiger partial charge >= 0.3 is 11.9 Å². The van der Waals surface area contributed by atoms with Crippen LogP contribution in [0.5, 0.6) is 0 Å². The van der Waals surface area contributed by atoms with Gasteiger partial charge in [0.25, 0.3) is 0 Å². The van der Waals surface area contributed by atoms with E-state index in [0.29, 0.717) is 12.8 Å². The van der Waals surface area contributed by atoms with Crippen LogP contribution in [0.3, 0.4) is 0 Å². The molecule has 0 aliphatic carbocycles. The maximum absolute atomic E-state index is 11.2. The van der Waals surface area contributed by atoms with Gasteiger partial charge in [0, 0.05) is 19.3 Å². The second-order valence-corrected chi connectivity index (χ2v) is 3.87. The second kappa shape index (κ2) is 4.44. The third-order valence-electron chi connectivity index (χ3n) is 2.34. The van der Waals surface area contributed by atoms with Gasteiger partial charge in [0.15, 0.2) is 0 Å². The van der Waals surface area contributed by atoms with Crippen LogP contribution in [0.15, 0.2) is 0 Å². The Morgan fingerprint density at radius 1 is 1.50 bits per heavy atom. The lowest BCUT2D eigenvalue weighted by Gasteiger charge is -2.20. The fourth-order valence-corrected chi connectivity index (χ4v) is 1.65. The normalized spacial score (nSPS) is 33.1. The van der Waals surface area contributed by atoms with Crippen molar-refractivity contribution in [2.45, 2.75) is 45.8 Å². The molecule has 4 heteroatoms. The number of cyclic esters (lactones) is 1. The van der Waals surface area contributed by atoms with E-state index in [1.54, 1.807) is 0 Å². The van der Waals surface area contributed by atoms with Crippen LogP contribution in [-0.4, -0.2) is 24.1 Å². The Hall–Kier alpha value is -1.06. The molecule has 1 aliphatic heterocycles. The summed E-state index contributed by atoms with van der Waals surface area (Å²) in [6.07, 6.45) is 0.542. The molecule has 1 rings (SSSR count). The molecule has 14 heavy (non-hydrogen) atoms. The fourth-order valence-electron chi connectivity index (χ4n) is 1.65. The predicted molar refractivity (Wildman–Crippen MR) is 49.5 cm³/mol. The van der Waals surface area contributed by atoms with Gasteiger partial charge in [0.05, 0.1) is 6.42 Å². The van der Waals surface area contributed by atoms with Crippen molar-refractivity contribution in [3.05, 3.63) is 0 Å². The third kappa shape index (κ3) is 3.01. The standard InChI is InChI=1S/C10H16O4/c1-6-4-10(12)13-7(2)5-9(6)14-8(3)11/h6-7,9H,4-5H2,1-3H3/t6-,7-,9+/m0/s1. The van der Waals surface area contributed by atoms with Crippen molar-refractivity contribution in [2.24, 2.45) is 5.92 Å². The lowest BCUT2D eigenvalue weighted by molar-refractivity contribution is -0.149. The van der Waals surface area contributed by atoms with E-state index in [4.69, 9.17) is 9.47 Å². The number of esters is 2. The highest BCUT2D eigenvalue weighted by atomic mass is 16.6. The van der Waals surface area contributed by atoms with Crippen LogP contribution in [0.25, 0.3) is 0 Å². The van der Waals surface area contributed by atoms with Gasteiger partial charge in [0.2, 0.25) is 0 Å². The summed E-state index contributed by atoms with van der Waals surface area (Å²) in [6, 6.07) is 0. The molecule has 1 fully saturated rings. The van der Waals surface area contributed by atoms with Crippen molar-refractivity contribution in [2.75, 3.05) is 0 Å². The molecule has 0 aromatic carbocycles. The average Bonchev–Trinajstić information content (AvgIpc) is 2.10. The molecule has 0 radical (unpaired) electrons. The highest BCUT2D eigenvalue weighted by molar-refractivity contribution is 5.70. The first-order chi connectivity index (χ1) is 6.49. The maximum Gasteiger partial charge on any atom is 0.306 e. The molecule has 4 nitrogen and oxygen atoms in total. The van der Waals surface area contributed by atoms with E-state index < -0.39 is 0 Å². The highest BCUT2D eigenvalue weighted by Gasteiger charge is 2.30. The first-order valence-corrected chi connectivity index (χ1v) is 4.85. The minimum Gasteiger partial charge on any atom is -0.462 e. The third-order valence-corrected chi connectivity index (χ3v) is 2.34. The van der Waals surface area contributed by atoms with E-state index >= 15 is 0 Å². The molecule has 0 aromatic heterocycles. The van der Waals surface area contributed by atoms with Crippen molar-refractivity contribution < 1.29 is 19.1 Å². The smallest absolute Gasteiger partial charge is 0.306 e. The highest BCUT2D eigenvalue weighted by Crippen LogP contribution is 2.23. The van der Waals surface area contributed by atoms with E-state index in [1.165, 1.54) is 6.92 Å². The zero-order chi connectivity index (χ0) is 10.7. The predicted octanol–water partition coefficient (Wildman–Crippen LogP) is 1.28. The Labute approximate surface area is 83.6 Å². The van der Waals surface area contributed by atoms with Gasteiger partial charge in [-0.1, -0.05) is 6.92 Å². The zero-order valence-corrected chi connectivity index (χ0v) is 8.78. The Morgan fingerprint density at radius 2 is 2.14 bits per heavy atom. The number of hydrogen-bond acceptors (Lipinski definition) is 4. The van der Waals surface area contributed by atoms with E-state index in [1.807, 2.05) is 13.8 Å². The molecular weight excluding hydrogens is 184 g/mol. The minimum atomic E-state index is -0.302. The van der Waals surface area contributed by atoms with E-state index in [9.17, 15) is 9.59 Å².